The van der Waals surface area contributed by atoms with Crippen molar-refractivity contribution in [3.63, 3.8) is 0 Å². The molecule has 2 fully saturated rings. The molecule has 0 unspecified atom stereocenters. The summed E-state index contributed by atoms with van der Waals surface area (Å²) in [6.07, 6.45) is 7.91. The highest BCUT2D eigenvalue weighted by molar-refractivity contribution is 5.76. The summed E-state index contributed by atoms with van der Waals surface area (Å²) in [6.45, 7) is 5.61. The van der Waals surface area contributed by atoms with Gasteiger partial charge in [-0.2, -0.15) is 5.21 Å². The number of tetrazole rings is 1. The number of halogens is 1. The number of aromatic nitrogens is 4. The zero-order valence-corrected chi connectivity index (χ0v) is 17.8. The van der Waals surface area contributed by atoms with Gasteiger partial charge in [-0.3, -0.25) is 4.79 Å². The van der Waals surface area contributed by atoms with Crippen LogP contribution in [0.2, 0.25) is 0 Å². The predicted molar refractivity (Wildman–Crippen MR) is 108 cm³/mol. The van der Waals surface area contributed by atoms with Crippen LogP contribution >= 0.6 is 0 Å². The highest BCUT2D eigenvalue weighted by Gasteiger charge is 2.44. The molecule has 29 heavy (non-hydrogen) atoms. The minimum atomic E-state index is -1.21. The Labute approximate surface area is 172 Å². The van der Waals surface area contributed by atoms with E-state index < -0.39 is 5.67 Å². The van der Waals surface area contributed by atoms with E-state index in [4.69, 9.17) is 4.74 Å². The van der Waals surface area contributed by atoms with Crippen LogP contribution in [0.15, 0.2) is 0 Å². The van der Waals surface area contributed by atoms with E-state index >= 15 is 4.39 Å². The van der Waals surface area contributed by atoms with Gasteiger partial charge in [0.15, 0.2) is 5.82 Å². The van der Waals surface area contributed by atoms with Crippen LogP contribution in [0.1, 0.15) is 77.5 Å². The number of carbonyl (C=O) groups is 1. The molecule has 1 aromatic rings. The maximum Gasteiger partial charge on any atom is 0.323 e. The molecule has 3 rings (SSSR count). The molecular formula is C21H36FN5O2. The van der Waals surface area contributed by atoms with E-state index in [9.17, 15) is 4.79 Å². The van der Waals surface area contributed by atoms with Crippen LogP contribution in [0.5, 0.6) is 0 Å². The number of fused-ring (bicyclic) bond motifs is 1. The number of hydrogen-bond acceptors (Lipinski definition) is 6. The number of alkyl halides is 1. The van der Waals surface area contributed by atoms with E-state index in [0.717, 1.165) is 38.6 Å². The second kappa shape index (κ2) is 10.5. The van der Waals surface area contributed by atoms with Crippen molar-refractivity contribution in [3.8, 4) is 0 Å². The second-order valence-electron chi connectivity index (χ2n) is 9.01. The van der Waals surface area contributed by atoms with Crippen molar-refractivity contribution in [1.29, 1.82) is 0 Å². The number of hydrogen-bond donors (Lipinski definition) is 2. The number of esters is 1. The number of H-pyrrole nitrogens is 1. The van der Waals surface area contributed by atoms with E-state index in [0.29, 0.717) is 56.4 Å². The van der Waals surface area contributed by atoms with Gasteiger partial charge in [0.2, 0.25) is 0 Å². The summed E-state index contributed by atoms with van der Waals surface area (Å²) in [6, 6.07) is -0.306. The van der Waals surface area contributed by atoms with E-state index in [-0.39, 0.29) is 17.9 Å². The molecule has 2 N–H and O–H groups in total. The molecule has 4 atom stereocenters. The number of ether oxygens (including phenoxy) is 1. The van der Waals surface area contributed by atoms with E-state index in [1.54, 1.807) is 0 Å². The van der Waals surface area contributed by atoms with Gasteiger partial charge >= 0.3 is 5.97 Å². The SMILES string of the molecule is CCCC(CCC)COC(=O)[C@@H]1C[C@H]2C[C@@](F)(CCc3nn[nH]n3)CC[C@H]2CN1. The molecule has 0 spiro atoms. The topological polar surface area (TPSA) is 92.8 Å². The van der Waals surface area contributed by atoms with Crippen molar-refractivity contribution in [2.24, 2.45) is 17.8 Å². The molecule has 1 aromatic heterocycles. The van der Waals surface area contributed by atoms with Crippen molar-refractivity contribution in [3.05, 3.63) is 5.82 Å². The van der Waals surface area contributed by atoms with Crippen LogP contribution in [-0.4, -0.2) is 51.5 Å². The predicted octanol–water partition coefficient (Wildman–Crippen LogP) is 3.38. The fraction of sp³-hybridized carbons (Fsp3) is 0.905. The smallest absolute Gasteiger partial charge is 0.323 e. The van der Waals surface area contributed by atoms with Gasteiger partial charge in [0.1, 0.15) is 11.7 Å². The molecule has 8 heteroatoms. The van der Waals surface area contributed by atoms with Crippen molar-refractivity contribution in [2.75, 3.05) is 13.2 Å². The number of piperidine rings is 1. The zero-order chi connectivity index (χ0) is 20.7. The molecule has 0 amide bonds. The molecule has 2 aliphatic rings. The Morgan fingerprint density at radius 3 is 2.79 bits per heavy atom. The third kappa shape index (κ3) is 6.20. The van der Waals surface area contributed by atoms with Crippen LogP contribution in [0.25, 0.3) is 0 Å². The molecular weight excluding hydrogens is 373 g/mol. The lowest BCUT2D eigenvalue weighted by atomic mass is 9.67. The summed E-state index contributed by atoms with van der Waals surface area (Å²) in [5.41, 5.74) is -1.21. The number of aryl methyl sites for hydroxylation is 1. The molecule has 2 heterocycles. The van der Waals surface area contributed by atoms with Gasteiger partial charge < -0.3 is 10.1 Å². The summed E-state index contributed by atoms with van der Waals surface area (Å²) in [4.78, 5) is 12.6. The van der Waals surface area contributed by atoms with E-state index in [1.165, 1.54) is 0 Å². The van der Waals surface area contributed by atoms with Crippen LogP contribution in [0.3, 0.4) is 0 Å². The summed E-state index contributed by atoms with van der Waals surface area (Å²) >= 11 is 0. The Morgan fingerprint density at radius 2 is 2.10 bits per heavy atom. The summed E-state index contributed by atoms with van der Waals surface area (Å²) in [5.74, 6) is 1.51. The van der Waals surface area contributed by atoms with Gasteiger partial charge in [-0.1, -0.05) is 31.9 Å². The number of aromatic amines is 1. The fourth-order valence-corrected chi connectivity index (χ4v) is 5.10. The molecule has 0 bridgehead atoms. The zero-order valence-electron chi connectivity index (χ0n) is 17.8. The lowest BCUT2D eigenvalue weighted by Crippen LogP contribution is -2.52. The molecule has 164 valence electrons. The second-order valence-corrected chi connectivity index (χ2v) is 9.01. The Bertz CT molecular complexity index is 623. The Morgan fingerprint density at radius 1 is 1.31 bits per heavy atom. The molecule has 1 aliphatic heterocycles. The molecule has 1 saturated heterocycles. The lowest BCUT2D eigenvalue weighted by molar-refractivity contribution is -0.150. The minimum Gasteiger partial charge on any atom is -0.464 e. The molecule has 0 radical (unpaired) electrons. The first-order valence-electron chi connectivity index (χ1n) is 11.3. The average molecular weight is 410 g/mol. The largest absolute Gasteiger partial charge is 0.464 e. The van der Waals surface area contributed by atoms with E-state index in [2.05, 4.69) is 39.8 Å². The van der Waals surface area contributed by atoms with E-state index in [1.807, 2.05) is 0 Å². The van der Waals surface area contributed by atoms with Gasteiger partial charge in [-0.15, -0.1) is 10.2 Å². The quantitative estimate of drug-likeness (QED) is 0.576. The molecule has 0 aromatic carbocycles. The van der Waals surface area contributed by atoms with Crippen molar-refractivity contribution < 1.29 is 13.9 Å². The maximum atomic E-state index is 15.5. The first-order chi connectivity index (χ1) is 14.0. The number of nitrogens with one attached hydrogen (secondary N) is 2. The third-order valence-electron chi connectivity index (χ3n) is 6.75. The highest BCUT2D eigenvalue weighted by atomic mass is 19.1. The van der Waals surface area contributed by atoms with Gasteiger partial charge in [-0.05, 0) is 69.2 Å². The van der Waals surface area contributed by atoms with Crippen LogP contribution < -0.4 is 5.32 Å². The monoisotopic (exact) mass is 409 g/mol. The number of nitrogens with zero attached hydrogens (tertiary/aromatic N) is 3. The standard InChI is InChI=1S/C21H36FN5O2/c1-3-5-15(6-4-2)14-29-20(28)18-11-17-12-21(22,9-7-16(17)13-23-18)10-8-19-24-26-27-25-19/h15-18,23H,3-14H2,1-2H3,(H,24,25,26,27)/t16-,17-,18-,21-/m0/s1. The summed E-state index contributed by atoms with van der Waals surface area (Å²) < 4.78 is 21.1. The first kappa shape index (κ1) is 22.1. The first-order valence-corrected chi connectivity index (χ1v) is 11.3. The molecule has 1 aliphatic carbocycles. The van der Waals surface area contributed by atoms with Crippen molar-refractivity contribution >= 4 is 5.97 Å². The minimum absolute atomic E-state index is 0.164. The lowest BCUT2D eigenvalue weighted by Gasteiger charge is -2.44. The Hall–Kier alpha value is -1.57. The van der Waals surface area contributed by atoms with Crippen molar-refractivity contribution in [2.45, 2.75) is 89.8 Å². The maximum absolute atomic E-state index is 15.5. The molecule has 1 saturated carbocycles. The van der Waals surface area contributed by atoms with Gasteiger partial charge in [-0.25, -0.2) is 4.39 Å². The third-order valence-corrected chi connectivity index (χ3v) is 6.75. The molecule has 7 nitrogen and oxygen atoms in total. The Balaban J connectivity index is 1.49. The number of rotatable bonds is 10. The van der Waals surface area contributed by atoms with Gasteiger partial charge in [0.05, 0.1) is 6.61 Å². The number of carbonyl (C=O) groups excluding carboxylic acids is 1. The van der Waals surface area contributed by atoms with Gasteiger partial charge in [0, 0.05) is 6.42 Å². The Kier molecular flexibility index (Phi) is 7.98. The van der Waals surface area contributed by atoms with Crippen LogP contribution in [0.4, 0.5) is 4.39 Å². The summed E-state index contributed by atoms with van der Waals surface area (Å²) in [5, 5.41) is 17.2. The average Bonchev–Trinajstić information content (AvgIpc) is 3.24. The van der Waals surface area contributed by atoms with Crippen LogP contribution in [0, 0.1) is 17.8 Å². The van der Waals surface area contributed by atoms with Crippen molar-refractivity contribution in [1.82, 2.24) is 25.9 Å². The van der Waals surface area contributed by atoms with Crippen LogP contribution in [-0.2, 0) is 16.0 Å². The van der Waals surface area contributed by atoms with Gasteiger partial charge in [0.25, 0.3) is 0 Å². The normalized spacial score (nSPS) is 29.6. The fourth-order valence-electron chi connectivity index (χ4n) is 5.10. The highest BCUT2D eigenvalue weighted by Crippen LogP contribution is 2.44. The summed E-state index contributed by atoms with van der Waals surface area (Å²) in [7, 11) is 0.